The molecule has 1 aromatic carbocycles. The van der Waals surface area contributed by atoms with Crippen LogP contribution in [0, 0.1) is 0 Å². The number of benzene rings is 1. The van der Waals surface area contributed by atoms with Gasteiger partial charge < -0.3 is 25.3 Å². The van der Waals surface area contributed by atoms with Crippen LogP contribution in [0.15, 0.2) is 12.1 Å². The minimum Gasteiger partial charge on any atom is -0.493 e. The molecule has 2 unspecified atom stereocenters. The highest BCUT2D eigenvalue weighted by atomic mass is 32.2. The lowest BCUT2D eigenvalue weighted by atomic mass is 10.2. The first kappa shape index (κ1) is 21.3. The molecule has 160 valence electrons. The molecule has 1 aliphatic heterocycles. The van der Waals surface area contributed by atoms with E-state index in [1.807, 2.05) is 13.8 Å². The molecule has 3 N–H and O–H groups in total. The third-order valence-electron chi connectivity index (χ3n) is 4.65. The number of rotatable bonds is 7. The van der Waals surface area contributed by atoms with E-state index >= 15 is 0 Å². The van der Waals surface area contributed by atoms with Gasteiger partial charge in [-0.3, -0.25) is 0 Å². The van der Waals surface area contributed by atoms with E-state index in [0.29, 0.717) is 35.5 Å². The molecule has 1 saturated heterocycles. The Hall–Kier alpha value is -2.37. The summed E-state index contributed by atoms with van der Waals surface area (Å²) in [6.07, 6.45) is -0.255. The lowest BCUT2D eigenvalue weighted by molar-refractivity contribution is -0.0440. The highest BCUT2D eigenvalue weighted by molar-refractivity contribution is 7.89. The van der Waals surface area contributed by atoms with E-state index in [-0.39, 0.29) is 36.3 Å². The van der Waals surface area contributed by atoms with Gasteiger partial charge in [-0.2, -0.15) is 9.29 Å². The maximum absolute atomic E-state index is 12.6. The van der Waals surface area contributed by atoms with Crippen LogP contribution in [-0.4, -0.2) is 74.5 Å². The Morgan fingerprint density at radius 2 is 1.79 bits per heavy atom. The van der Waals surface area contributed by atoms with Crippen LogP contribution in [0.25, 0.3) is 10.9 Å². The number of fused-ring (bicyclic) bond motifs is 1. The van der Waals surface area contributed by atoms with Crippen molar-refractivity contribution in [1.29, 1.82) is 0 Å². The molecule has 0 aliphatic carbocycles. The predicted molar refractivity (Wildman–Crippen MR) is 111 cm³/mol. The largest absolute Gasteiger partial charge is 0.493 e. The number of nitrogens with two attached hydrogens (primary N) is 1. The third kappa shape index (κ3) is 4.80. The molecule has 2 aromatic rings. The van der Waals surface area contributed by atoms with Crippen LogP contribution in [0.1, 0.15) is 13.8 Å². The Morgan fingerprint density at radius 3 is 2.41 bits per heavy atom. The molecule has 29 heavy (non-hydrogen) atoms. The Morgan fingerprint density at radius 1 is 1.17 bits per heavy atom. The molecule has 1 fully saturated rings. The van der Waals surface area contributed by atoms with E-state index in [0.717, 1.165) is 0 Å². The van der Waals surface area contributed by atoms with Gasteiger partial charge in [-0.15, -0.1) is 0 Å². The number of nitrogen functional groups attached to an aromatic ring is 1. The van der Waals surface area contributed by atoms with Crippen molar-refractivity contribution < 1.29 is 22.6 Å². The van der Waals surface area contributed by atoms with E-state index in [2.05, 4.69) is 15.3 Å². The number of hydrogen-bond donors (Lipinski definition) is 2. The zero-order chi connectivity index (χ0) is 21.2. The van der Waals surface area contributed by atoms with Crippen LogP contribution in [0.2, 0.25) is 0 Å². The second kappa shape index (κ2) is 8.56. The number of hydrogen-bond acceptors (Lipinski definition) is 9. The number of morpholine rings is 1. The smallest absolute Gasteiger partial charge is 0.225 e. The normalized spacial score (nSPS) is 20.6. The summed E-state index contributed by atoms with van der Waals surface area (Å²) in [4.78, 5) is 8.63. The van der Waals surface area contributed by atoms with Crippen LogP contribution in [0.5, 0.6) is 11.5 Å². The lowest BCUT2D eigenvalue weighted by Crippen LogP contribution is -2.49. The first-order chi connectivity index (χ1) is 13.7. The van der Waals surface area contributed by atoms with Gasteiger partial charge in [-0.25, -0.2) is 13.4 Å². The summed E-state index contributed by atoms with van der Waals surface area (Å²) in [6.45, 7) is 4.60. The maximum atomic E-state index is 12.6. The maximum Gasteiger partial charge on any atom is 0.225 e. The fourth-order valence-corrected chi connectivity index (χ4v) is 4.83. The van der Waals surface area contributed by atoms with Gasteiger partial charge in [0.25, 0.3) is 0 Å². The van der Waals surface area contributed by atoms with Gasteiger partial charge in [-0.1, -0.05) is 0 Å². The van der Waals surface area contributed by atoms with Crippen LogP contribution < -0.4 is 20.5 Å². The molecule has 2 heterocycles. The van der Waals surface area contributed by atoms with Crippen LogP contribution in [0.3, 0.4) is 0 Å². The molecule has 1 aliphatic rings. The molecular formula is C18H27N5O5S. The summed E-state index contributed by atoms with van der Waals surface area (Å²) in [5.41, 5.74) is 6.62. The summed E-state index contributed by atoms with van der Waals surface area (Å²) in [7, 11) is -0.356. The first-order valence-corrected chi connectivity index (χ1v) is 10.9. The van der Waals surface area contributed by atoms with Crippen LogP contribution >= 0.6 is 0 Å². The topological polar surface area (TPSA) is 129 Å². The summed E-state index contributed by atoms with van der Waals surface area (Å²) in [5.74, 6) is 1.47. The molecular weight excluding hydrogens is 398 g/mol. The minimum atomic E-state index is -3.42. The zero-order valence-electron chi connectivity index (χ0n) is 17.0. The van der Waals surface area contributed by atoms with Crippen LogP contribution in [-0.2, 0) is 14.8 Å². The highest BCUT2D eigenvalue weighted by Gasteiger charge is 2.30. The Bertz CT molecular complexity index is 974. The second-order valence-electron chi connectivity index (χ2n) is 6.97. The van der Waals surface area contributed by atoms with Gasteiger partial charge in [0.2, 0.25) is 16.0 Å². The molecule has 3 rings (SSSR count). The molecule has 0 radical (unpaired) electrons. The average Bonchev–Trinajstić information content (AvgIpc) is 2.66. The average molecular weight is 426 g/mol. The van der Waals surface area contributed by atoms with Gasteiger partial charge in [0.15, 0.2) is 11.5 Å². The van der Waals surface area contributed by atoms with Crippen LogP contribution in [0.4, 0.5) is 11.8 Å². The fourth-order valence-electron chi connectivity index (χ4n) is 3.34. The van der Waals surface area contributed by atoms with Gasteiger partial charge in [0, 0.05) is 31.1 Å². The van der Waals surface area contributed by atoms with E-state index in [4.69, 9.17) is 19.9 Å². The Kier molecular flexibility index (Phi) is 6.30. The minimum absolute atomic E-state index is 0.0837. The lowest BCUT2D eigenvalue weighted by Gasteiger charge is -2.34. The molecule has 0 bridgehead atoms. The summed E-state index contributed by atoms with van der Waals surface area (Å²) in [5, 5.41) is 3.57. The number of ether oxygens (including phenoxy) is 3. The Labute approximate surface area is 170 Å². The monoisotopic (exact) mass is 425 g/mol. The molecule has 11 heteroatoms. The van der Waals surface area contributed by atoms with Crippen molar-refractivity contribution in [2.75, 3.05) is 50.7 Å². The number of aromatic nitrogens is 2. The molecule has 10 nitrogen and oxygen atoms in total. The fraction of sp³-hybridized carbons (Fsp3) is 0.556. The highest BCUT2D eigenvalue weighted by Crippen LogP contribution is 2.33. The van der Waals surface area contributed by atoms with E-state index in [1.165, 1.54) is 18.5 Å². The molecule has 0 spiro atoms. The number of anilines is 2. The SMILES string of the molecule is COc1cc2nc(NCCS(=O)(=O)N3CC(C)OC(C)C3)nc(N)c2cc1OC. The van der Waals surface area contributed by atoms with Gasteiger partial charge in [-0.05, 0) is 19.9 Å². The summed E-state index contributed by atoms with van der Waals surface area (Å²) >= 11 is 0. The quantitative estimate of drug-likeness (QED) is 0.669. The standard InChI is InChI=1S/C18H27N5O5S/c1-11-9-23(10-12(2)28-11)29(24,25)6-5-20-18-21-14-8-16(27-4)15(26-3)7-13(14)17(19)22-18/h7-8,11-12H,5-6,9-10H2,1-4H3,(H3,19,20,21,22). The van der Waals surface area contributed by atoms with E-state index < -0.39 is 10.0 Å². The van der Waals surface area contributed by atoms with Crippen molar-refractivity contribution in [3.8, 4) is 11.5 Å². The van der Waals surface area contributed by atoms with Crippen molar-refractivity contribution in [3.05, 3.63) is 12.1 Å². The number of sulfonamides is 1. The van der Waals surface area contributed by atoms with Gasteiger partial charge in [0.1, 0.15) is 5.82 Å². The molecule has 1 aromatic heterocycles. The number of nitrogens with zero attached hydrogens (tertiary/aromatic N) is 3. The van der Waals surface area contributed by atoms with Crippen molar-refractivity contribution in [3.63, 3.8) is 0 Å². The zero-order valence-corrected chi connectivity index (χ0v) is 17.8. The molecule has 0 saturated carbocycles. The number of nitrogens with one attached hydrogen (secondary N) is 1. The predicted octanol–water partition coefficient (Wildman–Crippen LogP) is 1.08. The molecule has 2 atom stereocenters. The second-order valence-corrected chi connectivity index (χ2v) is 9.06. The van der Waals surface area contributed by atoms with E-state index in [9.17, 15) is 8.42 Å². The van der Waals surface area contributed by atoms with Crippen molar-refractivity contribution in [1.82, 2.24) is 14.3 Å². The van der Waals surface area contributed by atoms with Gasteiger partial charge >= 0.3 is 0 Å². The third-order valence-corrected chi connectivity index (χ3v) is 6.46. The van der Waals surface area contributed by atoms with Crippen molar-refractivity contribution in [2.24, 2.45) is 0 Å². The van der Waals surface area contributed by atoms with Crippen molar-refractivity contribution >= 4 is 32.7 Å². The number of methoxy groups -OCH3 is 2. The Balaban J connectivity index is 1.72. The summed E-state index contributed by atoms with van der Waals surface area (Å²) in [6, 6.07) is 3.41. The molecule has 0 amide bonds. The van der Waals surface area contributed by atoms with E-state index in [1.54, 1.807) is 12.1 Å². The van der Waals surface area contributed by atoms with Gasteiger partial charge in [0.05, 0.1) is 37.7 Å². The summed E-state index contributed by atoms with van der Waals surface area (Å²) < 4.78 is 42.9. The van der Waals surface area contributed by atoms with Crippen molar-refractivity contribution in [2.45, 2.75) is 26.1 Å². The first-order valence-electron chi connectivity index (χ1n) is 9.30.